The van der Waals surface area contributed by atoms with Gasteiger partial charge in [0.2, 0.25) is 0 Å². The molecule has 2 nitrogen and oxygen atoms in total. The first-order valence-corrected chi connectivity index (χ1v) is 5.50. The summed E-state index contributed by atoms with van der Waals surface area (Å²) < 4.78 is 5.85. The van der Waals surface area contributed by atoms with Crippen molar-refractivity contribution in [3.05, 3.63) is 35.9 Å². The van der Waals surface area contributed by atoms with Gasteiger partial charge in [-0.1, -0.05) is 30.3 Å². The molecular formula is C13H18O2. The van der Waals surface area contributed by atoms with Crippen LogP contribution in [0.4, 0.5) is 0 Å². The molecule has 1 fully saturated rings. The van der Waals surface area contributed by atoms with Crippen LogP contribution in [0.2, 0.25) is 0 Å². The van der Waals surface area contributed by atoms with Crippen LogP contribution in [0.5, 0.6) is 0 Å². The van der Waals surface area contributed by atoms with Crippen LogP contribution in [0.25, 0.3) is 0 Å². The maximum Gasteiger partial charge on any atom is 0.0855 e. The molecular weight excluding hydrogens is 188 g/mol. The van der Waals surface area contributed by atoms with Crippen LogP contribution >= 0.6 is 0 Å². The van der Waals surface area contributed by atoms with Gasteiger partial charge in [0.25, 0.3) is 0 Å². The van der Waals surface area contributed by atoms with E-state index in [0.29, 0.717) is 6.42 Å². The number of rotatable bonds is 1. The quantitative estimate of drug-likeness (QED) is 0.765. The largest absolute Gasteiger partial charge is 0.390 e. The molecule has 3 unspecified atom stereocenters. The number of benzene rings is 1. The first-order chi connectivity index (χ1) is 7.07. The van der Waals surface area contributed by atoms with Crippen LogP contribution in [0.15, 0.2) is 30.3 Å². The lowest BCUT2D eigenvalue weighted by atomic mass is 9.87. The zero-order valence-corrected chi connectivity index (χ0v) is 9.31. The van der Waals surface area contributed by atoms with E-state index in [4.69, 9.17) is 4.74 Å². The maximum absolute atomic E-state index is 10.1. The average Bonchev–Trinajstić information content (AvgIpc) is 2.16. The normalized spacial score (nSPS) is 36.5. The summed E-state index contributed by atoms with van der Waals surface area (Å²) in [6.07, 6.45) is 1.56. The first-order valence-electron chi connectivity index (χ1n) is 5.50. The zero-order valence-electron chi connectivity index (χ0n) is 9.31. The Hall–Kier alpha value is -0.860. The van der Waals surface area contributed by atoms with Gasteiger partial charge in [-0.3, -0.25) is 0 Å². The van der Waals surface area contributed by atoms with Gasteiger partial charge in [-0.25, -0.2) is 0 Å². The maximum atomic E-state index is 10.1. The minimum Gasteiger partial charge on any atom is -0.390 e. The lowest BCUT2D eigenvalue weighted by Crippen LogP contribution is -2.38. The van der Waals surface area contributed by atoms with Gasteiger partial charge in [0, 0.05) is 12.8 Å². The Labute approximate surface area is 90.9 Å². The summed E-state index contributed by atoms with van der Waals surface area (Å²) in [5.74, 6) is 0. The highest BCUT2D eigenvalue weighted by molar-refractivity contribution is 5.18. The fourth-order valence-electron chi connectivity index (χ4n) is 2.34. The molecule has 82 valence electrons. The molecule has 0 aliphatic carbocycles. The molecule has 0 bridgehead atoms. The summed E-state index contributed by atoms with van der Waals surface area (Å²) in [6, 6.07) is 10.1. The molecule has 1 aromatic rings. The molecule has 2 rings (SSSR count). The second kappa shape index (κ2) is 3.95. The molecule has 1 heterocycles. The van der Waals surface area contributed by atoms with Crippen molar-refractivity contribution < 1.29 is 9.84 Å². The van der Waals surface area contributed by atoms with E-state index in [-0.39, 0.29) is 12.2 Å². The monoisotopic (exact) mass is 206 g/mol. The lowest BCUT2D eigenvalue weighted by molar-refractivity contribution is -0.131. The summed E-state index contributed by atoms with van der Waals surface area (Å²) in [4.78, 5) is 0. The Kier molecular flexibility index (Phi) is 2.81. The van der Waals surface area contributed by atoms with Crippen molar-refractivity contribution in [2.45, 2.75) is 44.5 Å². The van der Waals surface area contributed by atoms with E-state index < -0.39 is 5.60 Å². The molecule has 2 heteroatoms. The van der Waals surface area contributed by atoms with Crippen molar-refractivity contribution in [1.29, 1.82) is 0 Å². The molecule has 0 saturated carbocycles. The molecule has 1 aliphatic heterocycles. The highest BCUT2D eigenvalue weighted by Crippen LogP contribution is 2.36. The van der Waals surface area contributed by atoms with E-state index >= 15 is 0 Å². The molecule has 1 aliphatic rings. The smallest absolute Gasteiger partial charge is 0.0855 e. The second-order valence-corrected chi connectivity index (χ2v) is 4.75. The van der Waals surface area contributed by atoms with Gasteiger partial charge in [0.15, 0.2) is 0 Å². The van der Waals surface area contributed by atoms with Gasteiger partial charge in [0.1, 0.15) is 0 Å². The van der Waals surface area contributed by atoms with Gasteiger partial charge < -0.3 is 9.84 Å². The van der Waals surface area contributed by atoms with Crippen LogP contribution in [-0.2, 0) is 4.74 Å². The molecule has 15 heavy (non-hydrogen) atoms. The van der Waals surface area contributed by atoms with Crippen LogP contribution in [-0.4, -0.2) is 16.8 Å². The van der Waals surface area contributed by atoms with E-state index in [2.05, 4.69) is 12.1 Å². The third-order valence-electron chi connectivity index (χ3n) is 2.92. The predicted molar refractivity (Wildman–Crippen MR) is 59.6 cm³/mol. The van der Waals surface area contributed by atoms with Crippen LogP contribution < -0.4 is 0 Å². The van der Waals surface area contributed by atoms with Crippen molar-refractivity contribution in [3.8, 4) is 0 Å². The van der Waals surface area contributed by atoms with E-state index in [0.717, 1.165) is 12.0 Å². The SMILES string of the molecule is CC1CC(C)(O)CC(c2ccccc2)O1. The van der Waals surface area contributed by atoms with E-state index in [1.54, 1.807) is 0 Å². The van der Waals surface area contributed by atoms with Crippen molar-refractivity contribution in [3.63, 3.8) is 0 Å². The van der Waals surface area contributed by atoms with Crippen molar-refractivity contribution in [2.24, 2.45) is 0 Å². The van der Waals surface area contributed by atoms with Crippen LogP contribution in [0.1, 0.15) is 38.4 Å². The van der Waals surface area contributed by atoms with E-state index in [1.807, 2.05) is 32.0 Å². The minimum absolute atomic E-state index is 0.0324. The van der Waals surface area contributed by atoms with Crippen LogP contribution in [0, 0.1) is 0 Å². The van der Waals surface area contributed by atoms with Gasteiger partial charge >= 0.3 is 0 Å². The van der Waals surface area contributed by atoms with Gasteiger partial charge in [-0.05, 0) is 19.4 Å². The predicted octanol–water partition coefficient (Wildman–Crippen LogP) is 2.68. The Balaban J connectivity index is 2.17. The molecule has 0 aromatic heterocycles. The van der Waals surface area contributed by atoms with Crippen molar-refractivity contribution in [2.75, 3.05) is 0 Å². The summed E-state index contributed by atoms with van der Waals surface area (Å²) in [6.45, 7) is 3.91. The summed E-state index contributed by atoms with van der Waals surface area (Å²) in [5.41, 5.74) is 0.558. The molecule has 0 radical (unpaired) electrons. The number of hydrogen-bond acceptors (Lipinski definition) is 2. The fourth-order valence-corrected chi connectivity index (χ4v) is 2.34. The Bertz CT molecular complexity index is 319. The summed E-state index contributed by atoms with van der Waals surface area (Å²) in [7, 11) is 0. The highest BCUT2D eigenvalue weighted by atomic mass is 16.5. The standard InChI is InChI=1S/C13H18O2/c1-10-8-13(2,14)9-12(15-10)11-6-4-3-5-7-11/h3-7,10,12,14H,8-9H2,1-2H3. The molecule has 1 saturated heterocycles. The average molecular weight is 206 g/mol. The first kappa shape index (κ1) is 10.7. The topological polar surface area (TPSA) is 29.5 Å². The molecule has 0 spiro atoms. The second-order valence-electron chi connectivity index (χ2n) is 4.75. The number of hydrogen-bond donors (Lipinski definition) is 1. The number of ether oxygens (including phenoxy) is 1. The Morgan fingerprint density at radius 2 is 1.93 bits per heavy atom. The Morgan fingerprint density at radius 3 is 2.53 bits per heavy atom. The highest BCUT2D eigenvalue weighted by Gasteiger charge is 2.34. The molecule has 1 N–H and O–H groups in total. The summed E-state index contributed by atoms with van der Waals surface area (Å²) in [5, 5.41) is 10.1. The lowest BCUT2D eigenvalue weighted by Gasteiger charge is -2.38. The van der Waals surface area contributed by atoms with Crippen LogP contribution in [0.3, 0.4) is 0 Å². The molecule has 3 atom stereocenters. The van der Waals surface area contributed by atoms with E-state index in [1.165, 1.54) is 0 Å². The Morgan fingerprint density at radius 1 is 1.27 bits per heavy atom. The van der Waals surface area contributed by atoms with Crippen molar-refractivity contribution in [1.82, 2.24) is 0 Å². The zero-order chi connectivity index (χ0) is 10.9. The fraction of sp³-hybridized carbons (Fsp3) is 0.538. The summed E-state index contributed by atoms with van der Waals surface area (Å²) >= 11 is 0. The number of aliphatic hydroxyl groups is 1. The minimum atomic E-state index is -0.599. The third kappa shape index (κ3) is 2.58. The van der Waals surface area contributed by atoms with Gasteiger partial charge in [0.05, 0.1) is 17.8 Å². The van der Waals surface area contributed by atoms with Crippen molar-refractivity contribution >= 4 is 0 Å². The third-order valence-corrected chi connectivity index (χ3v) is 2.92. The van der Waals surface area contributed by atoms with Gasteiger partial charge in [-0.2, -0.15) is 0 Å². The molecule has 1 aromatic carbocycles. The van der Waals surface area contributed by atoms with Gasteiger partial charge in [-0.15, -0.1) is 0 Å². The van der Waals surface area contributed by atoms with E-state index in [9.17, 15) is 5.11 Å². The molecule has 0 amide bonds.